The molecule has 0 aliphatic heterocycles. The van der Waals surface area contributed by atoms with Crippen LogP contribution in [-0.2, 0) is 12.8 Å². The lowest BCUT2D eigenvalue weighted by atomic mass is 10.1. The predicted molar refractivity (Wildman–Crippen MR) is 155 cm³/mol. The molecule has 0 bridgehead atoms. The van der Waals surface area contributed by atoms with E-state index in [0.29, 0.717) is 0 Å². The van der Waals surface area contributed by atoms with E-state index in [1.54, 1.807) is 0 Å². The fraction of sp³-hybridized carbons (Fsp3) is 0.600. The lowest BCUT2D eigenvalue weighted by Crippen LogP contribution is -1.97. The maximum absolute atomic E-state index is 8.80. The standard InChI is InChI=1S/C15H23IO.C15H24O2/c2*1-2-3-4-5-6-13-17-15-9-7-14(8-10-15)11-12-16/h7-10H,2-6,11-13H2,1H3;7-10,16H,2-6,11-13H2,1H3. The van der Waals surface area contributed by atoms with Gasteiger partial charge in [0.05, 0.1) is 13.2 Å². The van der Waals surface area contributed by atoms with E-state index >= 15 is 0 Å². The molecule has 2 aromatic carbocycles. The van der Waals surface area contributed by atoms with Crippen molar-refractivity contribution in [2.75, 3.05) is 24.2 Å². The van der Waals surface area contributed by atoms with Crippen LogP contribution >= 0.6 is 22.6 Å². The van der Waals surface area contributed by atoms with Crippen LogP contribution in [0.2, 0.25) is 0 Å². The van der Waals surface area contributed by atoms with E-state index in [2.05, 4.69) is 60.7 Å². The average Bonchev–Trinajstić information content (AvgIpc) is 2.86. The second-order valence-electron chi connectivity index (χ2n) is 8.73. The summed E-state index contributed by atoms with van der Waals surface area (Å²) < 4.78 is 12.6. The maximum Gasteiger partial charge on any atom is 0.119 e. The average molecular weight is 583 g/mol. The zero-order chi connectivity index (χ0) is 24.7. The van der Waals surface area contributed by atoms with Crippen LogP contribution in [0.3, 0.4) is 0 Å². The number of aliphatic hydroxyl groups is 1. The smallest absolute Gasteiger partial charge is 0.119 e. The number of hydrogen-bond donors (Lipinski definition) is 1. The summed E-state index contributed by atoms with van der Waals surface area (Å²) in [6.45, 7) is 6.34. The van der Waals surface area contributed by atoms with Gasteiger partial charge in [-0.3, -0.25) is 0 Å². The molecule has 0 unspecified atom stereocenters. The molecule has 34 heavy (non-hydrogen) atoms. The quantitative estimate of drug-likeness (QED) is 0.109. The zero-order valence-electron chi connectivity index (χ0n) is 21.6. The molecule has 2 aromatic rings. The Morgan fingerprint density at radius 2 is 1.00 bits per heavy atom. The third kappa shape index (κ3) is 16.4. The normalized spacial score (nSPS) is 10.5. The molecule has 0 radical (unpaired) electrons. The molecule has 0 saturated carbocycles. The first kappa shape index (κ1) is 30.8. The number of hydrogen-bond acceptors (Lipinski definition) is 3. The van der Waals surface area contributed by atoms with Gasteiger partial charge in [0, 0.05) is 11.0 Å². The van der Waals surface area contributed by atoms with Crippen LogP contribution < -0.4 is 9.47 Å². The number of aryl methyl sites for hydroxylation is 1. The van der Waals surface area contributed by atoms with Crippen molar-refractivity contribution in [3.63, 3.8) is 0 Å². The highest BCUT2D eigenvalue weighted by atomic mass is 127. The van der Waals surface area contributed by atoms with Crippen molar-refractivity contribution in [2.24, 2.45) is 0 Å². The minimum Gasteiger partial charge on any atom is -0.494 e. The van der Waals surface area contributed by atoms with E-state index in [0.717, 1.165) is 49.5 Å². The second kappa shape index (κ2) is 22.2. The van der Waals surface area contributed by atoms with Gasteiger partial charge in [-0.2, -0.15) is 0 Å². The highest BCUT2D eigenvalue weighted by Crippen LogP contribution is 2.15. The summed E-state index contributed by atoms with van der Waals surface area (Å²) in [4.78, 5) is 0. The Morgan fingerprint density at radius 3 is 1.38 bits per heavy atom. The Bertz CT molecular complexity index is 624. The molecule has 3 nitrogen and oxygen atoms in total. The van der Waals surface area contributed by atoms with Crippen molar-refractivity contribution in [3.8, 4) is 11.5 Å². The third-order valence-electron chi connectivity index (χ3n) is 5.66. The molecule has 0 atom stereocenters. The Kier molecular flexibility index (Phi) is 20.1. The Labute approximate surface area is 222 Å². The van der Waals surface area contributed by atoms with Crippen LogP contribution in [0.4, 0.5) is 0 Å². The number of aliphatic hydroxyl groups excluding tert-OH is 1. The number of ether oxygens (including phenoxy) is 2. The molecule has 4 heteroatoms. The van der Waals surface area contributed by atoms with Gasteiger partial charge < -0.3 is 14.6 Å². The summed E-state index contributed by atoms with van der Waals surface area (Å²) in [5.41, 5.74) is 2.55. The number of rotatable bonds is 18. The molecule has 0 aromatic heterocycles. The second-order valence-corrected chi connectivity index (χ2v) is 9.80. The summed E-state index contributed by atoms with van der Waals surface area (Å²) >= 11 is 2.41. The van der Waals surface area contributed by atoms with Gasteiger partial charge in [-0.05, 0) is 61.1 Å². The molecule has 192 valence electrons. The van der Waals surface area contributed by atoms with E-state index in [9.17, 15) is 0 Å². The highest BCUT2D eigenvalue weighted by molar-refractivity contribution is 14.1. The first-order valence-corrected chi connectivity index (χ1v) is 14.9. The molecule has 2 rings (SSSR count). The van der Waals surface area contributed by atoms with Gasteiger partial charge in [-0.25, -0.2) is 0 Å². The largest absolute Gasteiger partial charge is 0.494 e. The van der Waals surface area contributed by atoms with Crippen LogP contribution in [0.25, 0.3) is 0 Å². The topological polar surface area (TPSA) is 38.7 Å². The number of benzene rings is 2. The van der Waals surface area contributed by atoms with E-state index in [4.69, 9.17) is 14.6 Å². The van der Waals surface area contributed by atoms with E-state index < -0.39 is 0 Å². The van der Waals surface area contributed by atoms with Gasteiger partial charge >= 0.3 is 0 Å². The Hall–Kier alpha value is -1.27. The maximum atomic E-state index is 8.80. The minimum atomic E-state index is 0.206. The van der Waals surface area contributed by atoms with Gasteiger partial charge in [0.2, 0.25) is 0 Å². The molecule has 0 heterocycles. The van der Waals surface area contributed by atoms with Crippen molar-refractivity contribution in [1.82, 2.24) is 0 Å². The predicted octanol–water partition coefficient (Wildman–Crippen LogP) is 8.58. The van der Waals surface area contributed by atoms with E-state index in [-0.39, 0.29) is 6.61 Å². The number of unbranched alkanes of at least 4 members (excludes halogenated alkanes) is 8. The van der Waals surface area contributed by atoms with Crippen molar-refractivity contribution >= 4 is 22.6 Å². The van der Waals surface area contributed by atoms with Gasteiger partial charge in [0.15, 0.2) is 0 Å². The Balaban J connectivity index is 0.000000340. The fourth-order valence-electron chi connectivity index (χ4n) is 3.53. The number of halogens is 1. The summed E-state index contributed by atoms with van der Waals surface area (Å²) in [6.07, 6.45) is 14.7. The minimum absolute atomic E-state index is 0.206. The molecule has 0 fully saturated rings. The third-order valence-corrected chi connectivity index (χ3v) is 6.20. The molecule has 0 saturated heterocycles. The van der Waals surface area contributed by atoms with E-state index in [1.807, 2.05) is 24.3 Å². The first-order chi connectivity index (χ1) is 16.7. The Morgan fingerprint density at radius 1 is 0.588 bits per heavy atom. The van der Waals surface area contributed by atoms with Gasteiger partial charge in [0.25, 0.3) is 0 Å². The van der Waals surface area contributed by atoms with Crippen LogP contribution in [0.1, 0.15) is 89.2 Å². The van der Waals surface area contributed by atoms with E-state index in [1.165, 1.54) is 67.8 Å². The van der Waals surface area contributed by atoms with Gasteiger partial charge in [-0.15, -0.1) is 0 Å². The van der Waals surface area contributed by atoms with Crippen LogP contribution in [0.5, 0.6) is 11.5 Å². The molecule has 0 aliphatic carbocycles. The zero-order valence-corrected chi connectivity index (χ0v) is 23.7. The van der Waals surface area contributed by atoms with Crippen LogP contribution in [0.15, 0.2) is 48.5 Å². The summed E-state index contributed by atoms with van der Waals surface area (Å²) in [7, 11) is 0. The van der Waals surface area contributed by atoms with Crippen molar-refractivity contribution < 1.29 is 14.6 Å². The molecular weight excluding hydrogens is 535 g/mol. The molecule has 0 spiro atoms. The van der Waals surface area contributed by atoms with Crippen LogP contribution in [-0.4, -0.2) is 29.4 Å². The highest BCUT2D eigenvalue weighted by Gasteiger charge is 1.97. The molecule has 0 aliphatic rings. The molecule has 0 amide bonds. The monoisotopic (exact) mass is 582 g/mol. The lowest BCUT2D eigenvalue weighted by molar-refractivity contribution is 0.298. The summed E-state index contributed by atoms with van der Waals surface area (Å²) in [5, 5.41) is 8.80. The molecule has 1 N–H and O–H groups in total. The van der Waals surface area contributed by atoms with Gasteiger partial charge in [0.1, 0.15) is 11.5 Å². The number of alkyl halides is 1. The van der Waals surface area contributed by atoms with Crippen molar-refractivity contribution in [2.45, 2.75) is 90.9 Å². The van der Waals surface area contributed by atoms with Crippen molar-refractivity contribution in [3.05, 3.63) is 59.7 Å². The van der Waals surface area contributed by atoms with Gasteiger partial charge in [-0.1, -0.05) is 112 Å². The summed E-state index contributed by atoms with van der Waals surface area (Å²) in [5.74, 6) is 1.94. The SMILES string of the molecule is CCCCCCCOc1ccc(CCI)cc1.CCCCCCCOc1ccc(CCO)cc1. The fourth-order valence-corrected chi connectivity index (χ4v) is 4.16. The van der Waals surface area contributed by atoms with Crippen molar-refractivity contribution in [1.29, 1.82) is 0 Å². The summed E-state index contributed by atoms with van der Waals surface area (Å²) in [6, 6.07) is 16.5. The van der Waals surface area contributed by atoms with Crippen LogP contribution in [0, 0.1) is 0 Å². The molecular formula is C30H47IO3. The lowest BCUT2D eigenvalue weighted by Gasteiger charge is -2.06. The first-order valence-electron chi connectivity index (χ1n) is 13.3.